The number of carbonyl (C=O) groups is 1. The minimum absolute atomic E-state index is 0.127. The summed E-state index contributed by atoms with van der Waals surface area (Å²) in [4.78, 5) is 20.1. The largest absolute Gasteiger partial charge is 0.477 e. The van der Waals surface area contributed by atoms with Gasteiger partial charge in [-0.15, -0.1) is 0 Å². The summed E-state index contributed by atoms with van der Waals surface area (Å²) in [5.74, 6) is -0.170. The average molecular weight is 289 g/mol. The minimum atomic E-state index is -0.960. The smallest absolute Gasteiger partial charge is 0.354 e. The van der Waals surface area contributed by atoms with Crippen LogP contribution in [0.25, 0.3) is 0 Å². The highest BCUT2D eigenvalue weighted by molar-refractivity contribution is 5.85. The highest BCUT2D eigenvalue weighted by Crippen LogP contribution is 2.24. The number of aromatic carboxylic acids is 1. The van der Waals surface area contributed by atoms with E-state index in [0.717, 1.165) is 38.0 Å². The molecule has 21 heavy (non-hydrogen) atoms. The lowest BCUT2D eigenvalue weighted by atomic mass is 9.94. The lowest BCUT2D eigenvalue weighted by Gasteiger charge is -2.41. The third-order valence-electron chi connectivity index (χ3n) is 4.68. The zero-order valence-electron chi connectivity index (χ0n) is 12.4. The van der Waals surface area contributed by atoms with Gasteiger partial charge in [-0.1, -0.05) is 25.3 Å². The molecule has 1 saturated heterocycles. The Hall–Kier alpha value is -1.62. The molecule has 1 saturated carbocycles. The van der Waals surface area contributed by atoms with Crippen molar-refractivity contribution in [3.8, 4) is 0 Å². The van der Waals surface area contributed by atoms with Gasteiger partial charge in [-0.25, -0.2) is 9.78 Å². The van der Waals surface area contributed by atoms with Gasteiger partial charge in [-0.2, -0.15) is 0 Å². The Bertz CT molecular complexity index is 492. The van der Waals surface area contributed by atoms with E-state index in [4.69, 9.17) is 5.11 Å². The highest BCUT2D eigenvalue weighted by atomic mass is 16.4. The predicted octanol–water partition coefficient (Wildman–Crippen LogP) is 2.23. The SMILES string of the molecule is O=C(O)c1cccc(N2CCN(C3CCCCC3)CC2)n1. The molecule has 1 aromatic rings. The number of carboxylic acids is 1. The van der Waals surface area contributed by atoms with Gasteiger partial charge >= 0.3 is 5.97 Å². The van der Waals surface area contributed by atoms with Crippen LogP contribution in [0.1, 0.15) is 42.6 Å². The van der Waals surface area contributed by atoms with E-state index < -0.39 is 5.97 Å². The van der Waals surface area contributed by atoms with Crippen LogP contribution in [0.15, 0.2) is 18.2 Å². The molecule has 0 radical (unpaired) electrons. The lowest BCUT2D eigenvalue weighted by Crippen LogP contribution is -2.51. The number of hydrogen-bond acceptors (Lipinski definition) is 4. The summed E-state index contributed by atoms with van der Waals surface area (Å²) in [5.41, 5.74) is 0.127. The molecule has 1 N–H and O–H groups in total. The molecule has 1 aliphatic heterocycles. The van der Waals surface area contributed by atoms with Gasteiger partial charge in [-0.3, -0.25) is 4.90 Å². The van der Waals surface area contributed by atoms with Crippen molar-refractivity contribution in [1.82, 2.24) is 9.88 Å². The molecule has 2 aliphatic rings. The number of pyridine rings is 1. The van der Waals surface area contributed by atoms with E-state index in [0.29, 0.717) is 0 Å². The van der Waals surface area contributed by atoms with Gasteiger partial charge in [0.2, 0.25) is 0 Å². The molecule has 2 fully saturated rings. The average Bonchev–Trinajstić information content (AvgIpc) is 2.56. The van der Waals surface area contributed by atoms with Gasteiger partial charge in [0.15, 0.2) is 5.69 Å². The van der Waals surface area contributed by atoms with E-state index in [1.807, 2.05) is 6.07 Å². The Morgan fingerprint density at radius 2 is 1.81 bits per heavy atom. The molecule has 5 heteroatoms. The first-order valence-corrected chi connectivity index (χ1v) is 7.93. The van der Waals surface area contributed by atoms with Crippen LogP contribution < -0.4 is 4.90 Å². The summed E-state index contributed by atoms with van der Waals surface area (Å²) in [6.45, 7) is 3.99. The fraction of sp³-hybridized carbons (Fsp3) is 0.625. The summed E-state index contributed by atoms with van der Waals surface area (Å²) in [6.07, 6.45) is 6.81. The fourth-order valence-electron chi connectivity index (χ4n) is 3.48. The van der Waals surface area contributed by atoms with Gasteiger partial charge in [0.1, 0.15) is 5.82 Å². The van der Waals surface area contributed by atoms with E-state index in [1.165, 1.54) is 32.1 Å². The zero-order chi connectivity index (χ0) is 14.7. The van der Waals surface area contributed by atoms with Gasteiger partial charge < -0.3 is 10.0 Å². The monoisotopic (exact) mass is 289 g/mol. The predicted molar refractivity (Wildman–Crippen MR) is 81.9 cm³/mol. The maximum Gasteiger partial charge on any atom is 0.354 e. The van der Waals surface area contributed by atoms with Crippen LogP contribution in [0.2, 0.25) is 0 Å². The summed E-state index contributed by atoms with van der Waals surface area (Å²) in [6, 6.07) is 5.99. The molecule has 0 atom stereocenters. The molecule has 1 aromatic heterocycles. The molecule has 0 bridgehead atoms. The first kappa shape index (κ1) is 14.3. The second-order valence-corrected chi connectivity index (χ2v) is 6.00. The van der Waals surface area contributed by atoms with E-state index in [9.17, 15) is 4.79 Å². The van der Waals surface area contributed by atoms with Crippen LogP contribution in [0.3, 0.4) is 0 Å². The van der Waals surface area contributed by atoms with Crippen LogP contribution in [0.4, 0.5) is 5.82 Å². The third kappa shape index (κ3) is 3.35. The van der Waals surface area contributed by atoms with Gasteiger partial charge in [0.25, 0.3) is 0 Å². The molecule has 114 valence electrons. The Morgan fingerprint density at radius 1 is 1.10 bits per heavy atom. The van der Waals surface area contributed by atoms with Crippen LogP contribution >= 0.6 is 0 Å². The van der Waals surface area contributed by atoms with Gasteiger partial charge in [0.05, 0.1) is 0 Å². The van der Waals surface area contributed by atoms with Crippen molar-refractivity contribution in [1.29, 1.82) is 0 Å². The Labute approximate surface area is 125 Å². The van der Waals surface area contributed by atoms with E-state index in [-0.39, 0.29) is 5.69 Å². The first-order valence-electron chi connectivity index (χ1n) is 7.93. The topological polar surface area (TPSA) is 56.7 Å². The molecule has 3 rings (SSSR count). The molecular formula is C16H23N3O2. The molecule has 0 amide bonds. The maximum atomic E-state index is 11.0. The highest BCUT2D eigenvalue weighted by Gasteiger charge is 2.25. The summed E-state index contributed by atoms with van der Waals surface area (Å²) < 4.78 is 0. The second-order valence-electron chi connectivity index (χ2n) is 6.00. The standard InChI is InChI=1S/C16H23N3O2/c20-16(21)14-7-4-8-15(17-14)19-11-9-18(10-12-19)13-5-2-1-3-6-13/h4,7-8,13H,1-3,5-6,9-12H2,(H,20,21). The Morgan fingerprint density at radius 3 is 2.48 bits per heavy atom. The molecular weight excluding hydrogens is 266 g/mol. The summed E-state index contributed by atoms with van der Waals surface area (Å²) in [5, 5.41) is 9.03. The Kier molecular flexibility index (Phi) is 4.39. The van der Waals surface area contributed by atoms with Crippen molar-refractivity contribution in [3.05, 3.63) is 23.9 Å². The van der Waals surface area contributed by atoms with E-state index in [1.54, 1.807) is 12.1 Å². The number of anilines is 1. The van der Waals surface area contributed by atoms with Crippen LogP contribution in [-0.4, -0.2) is 53.2 Å². The number of piperazine rings is 1. The van der Waals surface area contributed by atoms with Crippen molar-refractivity contribution >= 4 is 11.8 Å². The summed E-state index contributed by atoms with van der Waals surface area (Å²) in [7, 11) is 0. The van der Waals surface area contributed by atoms with E-state index >= 15 is 0 Å². The molecule has 5 nitrogen and oxygen atoms in total. The summed E-state index contributed by atoms with van der Waals surface area (Å²) >= 11 is 0. The minimum Gasteiger partial charge on any atom is -0.477 e. The zero-order valence-corrected chi connectivity index (χ0v) is 12.4. The van der Waals surface area contributed by atoms with Gasteiger partial charge in [0, 0.05) is 32.2 Å². The van der Waals surface area contributed by atoms with Crippen molar-refractivity contribution in [2.24, 2.45) is 0 Å². The maximum absolute atomic E-state index is 11.0. The third-order valence-corrected chi connectivity index (χ3v) is 4.68. The van der Waals surface area contributed by atoms with Gasteiger partial charge in [-0.05, 0) is 25.0 Å². The van der Waals surface area contributed by atoms with Crippen molar-refractivity contribution in [3.63, 3.8) is 0 Å². The number of hydrogen-bond donors (Lipinski definition) is 1. The number of rotatable bonds is 3. The van der Waals surface area contributed by atoms with Crippen molar-refractivity contribution in [2.45, 2.75) is 38.1 Å². The normalized spacial score (nSPS) is 21.4. The molecule has 0 spiro atoms. The number of carboxylic acid groups (broad SMARTS) is 1. The Balaban J connectivity index is 1.60. The number of nitrogens with zero attached hydrogens (tertiary/aromatic N) is 3. The molecule has 2 heterocycles. The van der Waals surface area contributed by atoms with E-state index in [2.05, 4.69) is 14.8 Å². The number of aromatic nitrogens is 1. The second kappa shape index (κ2) is 6.43. The quantitative estimate of drug-likeness (QED) is 0.925. The van der Waals surface area contributed by atoms with Crippen LogP contribution in [-0.2, 0) is 0 Å². The van der Waals surface area contributed by atoms with Crippen molar-refractivity contribution < 1.29 is 9.90 Å². The van der Waals surface area contributed by atoms with Crippen LogP contribution in [0, 0.1) is 0 Å². The molecule has 0 aromatic carbocycles. The van der Waals surface area contributed by atoms with Crippen molar-refractivity contribution in [2.75, 3.05) is 31.1 Å². The first-order chi connectivity index (χ1) is 10.2. The fourth-order valence-corrected chi connectivity index (χ4v) is 3.48. The molecule has 0 unspecified atom stereocenters. The molecule has 1 aliphatic carbocycles. The lowest BCUT2D eigenvalue weighted by molar-refractivity contribution is 0.0690. The van der Waals surface area contributed by atoms with Crippen LogP contribution in [0.5, 0.6) is 0 Å².